The summed E-state index contributed by atoms with van der Waals surface area (Å²) in [5, 5.41) is 11.2. The standard InChI is InChI=1S/C8H12N4O6/c1-5(7(13)17-11-15)3-9-10-4-6(2)8(14)18-12-16/h5-6H,3-4H2,1-2H3. The van der Waals surface area contributed by atoms with Gasteiger partial charge in [-0.2, -0.15) is 10.2 Å². The van der Waals surface area contributed by atoms with Gasteiger partial charge in [-0.15, -0.1) is 9.81 Å². The highest BCUT2D eigenvalue weighted by atomic mass is 16.8. The lowest BCUT2D eigenvalue weighted by Crippen LogP contribution is -2.16. The first-order valence-corrected chi connectivity index (χ1v) is 4.93. The van der Waals surface area contributed by atoms with E-state index in [1.165, 1.54) is 13.8 Å². The molecular weight excluding hydrogens is 248 g/mol. The second-order valence-corrected chi connectivity index (χ2v) is 3.42. The largest absolute Gasteiger partial charge is 0.343 e. The summed E-state index contributed by atoms with van der Waals surface area (Å²) in [5.74, 6) is -2.99. The Labute approximate surface area is 102 Å². The van der Waals surface area contributed by atoms with E-state index < -0.39 is 23.8 Å². The first kappa shape index (κ1) is 15.7. The average Bonchev–Trinajstić information content (AvgIpc) is 2.34. The van der Waals surface area contributed by atoms with Crippen molar-refractivity contribution in [3.8, 4) is 0 Å². The van der Waals surface area contributed by atoms with Gasteiger partial charge >= 0.3 is 11.9 Å². The number of hydrogen-bond donors (Lipinski definition) is 0. The molecule has 0 aliphatic rings. The molecule has 0 aliphatic carbocycles. The van der Waals surface area contributed by atoms with Gasteiger partial charge in [0.05, 0.1) is 24.9 Å². The van der Waals surface area contributed by atoms with Crippen LogP contribution in [0.25, 0.3) is 0 Å². The van der Waals surface area contributed by atoms with Crippen LogP contribution in [0, 0.1) is 21.6 Å². The zero-order valence-corrected chi connectivity index (χ0v) is 9.81. The molecule has 0 heterocycles. The normalized spacial score (nSPS) is 13.7. The minimum atomic E-state index is -0.818. The third kappa shape index (κ3) is 6.35. The molecule has 0 saturated heterocycles. The van der Waals surface area contributed by atoms with Gasteiger partial charge in [0.1, 0.15) is 0 Å². The van der Waals surface area contributed by atoms with Crippen LogP contribution in [0.1, 0.15) is 13.8 Å². The second kappa shape index (κ2) is 8.84. The highest BCUT2D eigenvalue weighted by Gasteiger charge is 2.16. The molecule has 0 fully saturated rings. The third-order valence-corrected chi connectivity index (χ3v) is 1.87. The number of nitrogens with zero attached hydrogens (tertiary/aromatic N) is 4. The molecule has 0 bridgehead atoms. The third-order valence-electron chi connectivity index (χ3n) is 1.87. The van der Waals surface area contributed by atoms with E-state index in [9.17, 15) is 19.4 Å². The summed E-state index contributed by atoms with van der Waals surface area (Å²) in [6, 6.07) is 0. The molecule has 10 heteroatoms. The van der Waals surface area contributed by atoms with Crippen LogP contribution in [-0.4, -0.2) is 25.0 Å². The average molecular weight is 260 g/mol. The fraction of sp³-hybridized carbons (Fsp3) is 0.750. The van der Waals surface area contributed by atoms with Crippen LogP contribution in [0.15, 0.2) is 20.9 Å². The van der Waals surface area contributed by atoms with E-state index >= 15 is 0 Å². The smallest absolute Gasteiger partial charge is 0.284 e. The SMILES string of the molecule is CC(CN=NCC(C)C(=O)ON=O)C(=O)ON=O. The summed E-state index contributed by atoms with van der Waals surface area (Å²) in [4.78, 5) is 48.9. The molecule has 0 radical (unpaired) electrons. The minimum absolute atomic E-state index is 0.0119. The topological polar surface area (TPSA) is 136 Å². The van der Waals surface area contributed by atoms with Crippen molar-refractivity contribution in [3.05, 3.63) is 9.81 Å². The lowest BCUT2D eigenvalue weighted by atomic mass is 10.2. The zero-order chi connectivity index (χ0) is 14.0. The van der Waals surface area contributed by atoms with Crippen molar-refractivity contribution in [1.29, 1.82) is 0 Å². The monoisotopic (exact) mass is 260 g/mol. The van der Waals surface area contributed by atoms with Crippen molar-refractivity contribution < 1.29 is 19.3 Å². The molecule has 0 aromatic rings. The Balaban J connectivity index is 3.96. The zero-order valence-electron chi connectivity index (χ0n) is 9.81. The summed E-state index contributed by atoms with van der Waals surface area (Å²) in [6.45, 7) is 2.92. The van der Waals surface area contributed by atoms with Gasteiger partial charge in [0.15, 0.2) is 10.7 Å². The number of carbonyl (C=O) groups excluding carboxylic acids is 2. The van der Waals surface area contributed by atoms with Gasteiger partial charge in [0.2, 0.25) is 0 Å². The fourth-order valence-electron chi connectivity index (χ4n) is 0.763. The predicted molar refractivity (Wildman–Crippen MR) is 56.7 cm³/mol. The predicted octanol–water partition coefficient (Wildman–Crippen LogP) is 1.16. The molecule has 2 atom stereocenters. The quantitative estimate of drug-likeness (QED) is 0.364. The van der Waals surface area contributed by atoms with Crippen LogP contribution in [0.4, 0.5) is 0 Å². The van der Waals surface area contributed by atoms with E-state index in [1.807, 2.05) is 10.7 Å². The second-order valence-electron chi connectivity index (χ2n) is 3.42. The van der Waals surface area contributed by atoms with Gasteiger partial charge in [0.25, 0.3) is 0 Å². The number of azo groups is 1. The Morgan fingerprint density at radius 2 is 1.22 bits per heavy atom. The Morgan fingerprint density at radius 3 is 1.50 bits per heavy atom. The molecule has 18 heavy (non-hydrogen) atoms. The minimum Gasteiger partial charge on any atom is -0.284 e. The van der Waals surface area contributed by atoms with Crippen LogP contribution in [0.2, 0.25) is 0 Å². The van der Waals surface area contributed by atoms with Gasteiger partial charge in [-0.25, -0.2) is 9.59 Å². The molecule has 0 amide bonds. The summed E-state index contributed by atoms with van der Waals surface area (Å²) in [7, 11) is 0. The molecule has 0 aliphatic heterocycles. The van der Waals surface area contributed by atoms with Crippen LogP contribution < -0.4 is 0 Å². The molecule has 0 saturated carbocycles. The molecule has 2 unspecified atom stereocenters. The van der Waals surface area contributed by atoms with Crippen LogP contribution in [-0.2, 0) is 19.3 Å². The highest BCUT2D eigenvalue weighted by Crippen LogP contribution is 2.03. The molecular formula is C8H12N4O6. The van der Waals surface area contributed by atoms with Crippen molar-refractivity contribution in [2.75, 3.05) is 13.1 Å². The Kier molecular flexibility index (Phi) is 7.73. The van der Waals surface area contributed by atoms with Gasteiger partial charge in [-0.05, 0) is 13.8 Å². The summed E-state index contributed by atoms with van der Waals surface area (Å²) < 4.78 is 0. The van der Waals surface area contributed by atoms with Crippen molar-refractivity contribution in [2.45, 2.75) is 13.8 Å². The Morgan fingerprint density at radius 1 is 0.889 bits per heavy atom. The first-order valence-electron chi connectivity index (χ1n) is 4.93. The lowest BCUT2D eigenvalue weighted by Gasteiger charge is -2.03. The highest BCUT2D eigenvalue weighted by molar-refractivity contribution is 5.72. The summed E-state index contributed by atoms with van der Waals surface area (Å²) >= 11 is 0. The molecule has 0 rings (SSSR count). The van der Waals surface area contributed by atoms with E-state index in [0.29, 0.717) is 0 Å². The van der Waals surface area contributed by atoms with E-state index in [0.717, 1.165) is 0 Å². The van der Waals surface area contributed by atoms with Crippen LogP contribution in [0.5, 0.6) is 0 Å². The first-order chi connectivity index (χ1) is 8.52. The van der Waals surface area contributed by atoms with Crippen molar-refractivity contribution >= 4 is 11.9 Å². The molecule has 10 nitrogen and oxygen atoms in total. The van der Waals surface area contributed by atoms with Crippen LogP contribution >= 0.6 is 0 Å². The van der Waals surface area contributed by atoms with Crippen molar-refractivity contribution in [3.63, 3.8) is 0 Å². The van der Waals surface area contributed by atoms with E-state index in [2.05, 4.69) is 19.9 Å². The number of hydrogen-bond acceptors (Lipinski definition) is 10. The molecule has 100 valence electrons. The molecule has 0 N–H and O–H groups in total. The Bertz CT molecular complexity index is 312. The van der Waals surface area contributed by atoms with Gasteiger partial charge < -0.3 is 0 Å². The van der Waals surface area contributed by atoms with Crippen molar-refractivity contribution in [1.82, 2.24) is 0 Å². The summed E-state index contributed by atoms with van der Waals surface area (Å²) in [6.07, 6.45) is 0. The maximum absolute atomic E-state index is 10.9. The van der Waals surface area contributed by atoms with E-state index in [-0.39, 0.29) is 13.1 Å². The van der Waals surface area contributed by atoms with Gasteiger partial charge in [-0.1, -0.05) is 0 Å². The van der Waals surface area contributed by atoms with Gasteiger partial charge in [0, 0.05) is 0 Å². The van der Waals surface area contributed by atoms with Crippen molar-refractivity contribution in [2.24, 2.45) is 32.7 Å². The fourth-order valence-corrected chi connectivity index (χ4v) is 0.763. The van der Waals surface area contributed by atoms with Gasteiger partial charge in [-0.3, -0.25) is 9.68 Å². The number of carbonyl (C=O) groups is 2. The van der Waals surface area contributed by atoms with E-state index in [1.54, 1.807) is 0 Å². The maximum atomic E-state index is 10.9. The lowest BCUT2D eigenvalue weighted by molar-refractivity contribution is -0.148. The maximum Gasteiger partial charge on any atom is 0.343 e. The molecule has 0 aromatic heterocycles. The van der Waals surface area contributed by atoms with Crippen LogP contribution in [0.3, 0.4) is 0 Å². The van der Waals surface area contributed by atoms with E-state index in [4.69, 9.17) is 0 Å². The Hall–Kier alpha value is -2.26. The molecule has 0 spiro atoms. The molecule has 0 aromatic carbocycles. The summed E-state index contributed by atoms with van der Waals surface area (Å²) in [5.41, 5.74) is 0. The number of rotatable bonds is 8.